The highest BCUT2D eigenvalue weighted by molar-refractivity contribution is 6.06. The van der Waals surface area contributed by atoms with Crippen molar-refractivity contribution >= 4 is 16.9 Å². The molecule has 0 aliphatic carbocycles. The largest absolute Gasteiger partial charge is 0.350 e. The number of carbonyl (C=O) groups is 1. The number of pyridine rings is 1. The summed E-state index contributed by atoms with van der Waals surface area (Å²) in [6.45, 7) is 8.88. The van der Waals surface area contributed by atoms with Crippen LogP contribution in [0.4, 0.5) is 0 Å². The Morgan fingerprint density at radius 1 is 1.20 bits per heavy atom. The molecule has 1 fully saturated rings. The summed E-state index contributed by atoms with van der Waals surface area (Å²) in [7, 11) is 1.87. The minimum atomic E-state index is -0.0621. The Kier molecular flexibility index (Phi) is 5.86. The van der Waals surface area contributed by atoms with E-state index in [0.29, 0.717) is 12.1 Å². The standard InChI is InChI=1S/C24H31N5O/c1-16-10-12-29(13-11-16)21(19-8-6-5-7-9-19)15-25-24(30)20-14-17(2)26-23-22(20)18(3)27-28(23)4/h5-9,14,16,21H,10-13,15H2,1-4H3,(H,25,30). The van der Waals surface area contributed by atoms with E-state index in [-0.39, 0.29) is 11.9 Å². The van der Waals surface area contributed by atoms with Crippen LogP contribution >= 0.6 is 0 Å². The van der Waals surface area contributed by atoms with E-state index in [1.807, 2.05) is 33.0 Å². The third-order valence-electron chi connectivity index (χ3n) is 6.24. The summed E-state index contributed by atoms with van der Waals surface area (Å²) in [5.41, 5.74) is 4.31. The predicted molar refractivity (Wildman–Crippen MR) is 119 cm³/mol. The van der Waals surface area contributed by atoms with Gasteiger partial charge in [0.2, 0.25) is 0 Å². The number of nitrogens with zero attached hydrogens (tertiary/aromatic N) is 4. The Balaban J connectivity index is 1.58. The lowest BCUT2D eigenvalue weighted by Gasteiger charge is -2.37. The maximum absolute atomic E-state index is 13.2. The average molecular weight is 406 g/mol. The van der Waals surface area contributed by atoms with Crippen LogP contribution in [0, 0.1) is 19.8 Å². The zero-order valence-corrected chi connectivity index (χ0v) is 18.4. The lowest BCUT2D eigenvalue weighted by Crippen LogP contribution is -2.42. The predicted octanol–water partition coefficient (Wildman–Crippen LogP) is 3.79. The van der Waals surface area contributed by atoms with Gasteiger partial charge < -0.3 is 5.32 Å². The number of nitrogens with one attached hydrogen (secondary N) is 1. The van der Waals surface area contributed by atoms with E-state index in [1.165, 1.54) is 18.4 Å². The number of carbonyl (C=O) groups excluding carboxylic acids is 1. The highest BCUT2D eigenvalue weighted by Gasteiger charge is 2.26. The van der Waals surface area contributed by atoms with Crippen molar-refractivity contribution in [1.29, 1.82) is 0 Å². The maximum Gasteiger partial charge on any atom is 0.252 e. The van der Waals surface area contributed by atoms with E-state index < -0.39 is 0 Å². The highest BCUT2D eigenvalue weighted by Crippen LogP contribution is 2.27. The number of rotatable bonds is 5. The molecule has 1 aliphatic heterocycles. The van der Waals surface area contributed by atoms with E-state index in [4.69, 9.17) is 0 Å². The van der Waals surface area contributed by atoms with Gasteiger partial charge >= 0.3 is 0 Å². The first-order valence-corrected chi connectivity index (χ1v) is 10.8. The summed E-state index contributed by atoms with van der Waals surface area (Å²) in [5.74, 6) is 0.710. The fourth-order valence-electron chi connectivity index (χ4n) is 4.51. The summed E-state index contributed by atoms with van der Waals surface area (Å²) in [5, 5.41) is 8.52. The van der Waals surface area contributed by atoms with Gasteiger partial charge in [-0.05, 0) is 57.3 Å². The van der Waals surface area contributed by atoms with Crippen LogP contribution in [0.1, 0.15) is 53.1 Å². The molecule has 30 heavy (non-hydrogen) atoms. The number of piperidine rings is 1. The molecule has 0 spiro atoms. The van der Waals surface area contributed by atoms with Crippen molar-refractivity contribution in [2.24, 2.45) is 13.0 Å². The summed E-state index contributed by atoms with van der Waals surface area (Å²) in [4.78, 5) is 20.3. The first kappa shape index (κ1) is 20.5. The van der Waals surface area contributed by atoms with Crippen LogP contribution in [0.3, 0.4) is 0 Å². The molecule has 1 amide bonds. The summed E-state index contributed by atoms with van der Waals surface area (Å²) >= 11 is 0. The van der Waals surface area contributed by atoms with Crippen molar-refractivity contribution in [2.75, 3.05) is 19.6 Å². The third kappa shape index (κ3) is 4.10. The molecule has 4 rings (SSSR count). The second kappa shape index (κ2) is 8.56. The van der Waals surface area contributed by atoms with Crippen molar-refractivity contribution in [2.45, 2.75) is 39.7 Å². The third-order valence-corrected chi connectivity index (χ3v) is 6.24. The van der Waals surface area contributed by atoms with E-state index in [9.17, 15) is 4.79 Å². The monoisotopic (exact) mass is 405 g/mol. The van der Waals surface area contributed by atoms with Crippen LogP contribution in [0.5, 0.6) is 0 Å². The van der Waals surface area contributed by atoms with E-state index in [2.05, 4.69) is 51.5 Å². The number of hydrogen-bond donors (Lipinski definition) is 1. The molecule has 1 atom stereocenters. The molecule has 6 heteroatoms. The van der Waals surface area contributed by atoms with Crippen molar-refractivity contribution < 1.29 is 4.79 Å². The number of aromatic nitrogens is 3. The van der Waals surface area contributed by atoms with Gasteiger partial charge in [-0.2, -0.15) is 5.10 Å². The van der Waals surface area contributed by atoms with Gasteiger partial charge in [0.05, 0.1) is 22.7 Å². The van der Waals surface area contributed by atoms with Gasteiger partial charge in [-0.15, -0.1) is 0 Å². The molecule has 0 bridgehead atoms. The maximum atomic E-state index is 13.2. The molecule has 1 N–H and O–H groups in total. The van der Waals surface area contributed by atoms with Gasteiger partial charge in [-0.3, -0.25) is 14.4 Å². The average Bonchev–Trinajstić information content (AvgIpc) is 3.03. The smallest absolute Gasteiger partial charge is 0.252 e. The van der Waals surface area contributed by atoms with E-state index >= 15 is 0 Å². The first-order valence-electron chi connectivity index (χ1n) is 10.8. The van der Waals surface area contributed by atoms with Gasteiger partial charge in [0, 0.05) is 19.3 Å². The Labute approximate surface area is 178 Å². The van der Waals surface area contributed by atoms with Crippen LogP contribution < -0.4 is 5.32 Å². The number of fused-ring (bicyclic) bond motifs is 1. The number of aryl methyl sites for hydroxylation is 3. The van der Waals surface area contributed by atoms with Crippen LogP contribution in [0.2, 0.25) is 0 Å². The molecule has 1 unspecified atom stereocenters. The van der Waals surface area contributed by atoms with E-state index in [0.717, 1.165) is 41.4 Å². The first-order chi connectivity index (χ1) is 14.4. The molecule has 1 aromatic carbocycles. The quantitative estimate of drug-likeness (QED) is 0.702. The lowest BCUT2D eigenvalue weighted by molar-refractivity contribution is 0.0914. The molecule has 158 valence electrons. The number of hydrogen-bond acceptors (Lipinski definition) is 4. The minimum absolute atomic E-state index is 0.0621. The Bertz CT molecular complexity index is 1030. The molecular weight excluding hydrogens is 374 g/mol. The van der Waals surface area contributed by atoms with Gasteiger partial charge in [0.1, 0.15) is 0 Å². The second-order valence-corrected chi connectivity index (χ2v) is 8.57. The van der Waals surface area contributed by atoms with Crippen LogP contribution in [-0.4, -0.2) is 45.2 Å². The molecule has 0 saturated carbocycles. The van der Waals surface area contributed by atoms with Gasteiger partial charge in [0.25, 0.3) is 5.91 Å². The summed E-state index contributed by atoms with van der Waals surface area (Å²) in [6.07, 6.45) is 2.41. The van der Waals surface area contributed by atoms with Crippen LogP contribution in [-0.2, 0) is 7.05 Å². The molecule has 3 aromatic rings. The van der Waals surface area contributed by atoms with Gasteiger partial charge in [-0.25, -0.2) is 4.98 Å². The van der Waals surface area contributed by atoms with Crippen LogP contribution in [0.15, 0.2) is 36.4 Å². The zero-order chi connectivity index (χ0) is 21.3. The molecular formula is C24H31N5O. The number of benzene rings is 1. The molecule has 3 heterocycles. The van der Waals surface area contributed by atoms with Gasteiger partial charge in [0.15, 0.2) is 5.65 Å². The molecule has 1 aliphatic rings. The zero-order valence-electron chi connectivity index (χ0n) is 18.4. The molecule has 1 saturated heterocycles. The minimum Gasteiger partial charge on any atom is -0.350 e. The fourth-order valence-corrected chi connectivity index (χ4v) is 4.51. The topological polar surface area (TPSA) is 63.1 Å². The summed E-state index contributed by atoms with van der Waals surface area (Å²) in [6, 6.07) is 12.6. The number of amides is 1. The van der Waals surface area contributed by atoms with Gasteiger partial charge in [-0.1, -0.05) is 37.3 Å². The van der Waals surface area contributed by atoms with Crippen molar-refractivity contribution in [1.82, 2.24) is 25.0 Å². The normalized spacial score (nSPS) is 16.7. The van der Waals surface area contributed by atoms with E-state index in [1.54, 1.807) is 4.68 Å². The Hall–Kier alpha value is -2.73. The molecule has 0 radical (unpaired) electrons. The SMILES string of the molecule is Cc1cc(C(=O)NCC(c2ccccc2)N2CCC(C)CC2)c2c(C)nn(C)c2n1. The Morgan fingerprint density at radius 3 is 2.60 bits per heavy atom. The second-order valence-electron chi connectivity index (χ2n) is 8.57. The highest BCUT2D eigenvalue weighted by atomic mass is 16.1. The van der Waals surface area contributed by atoms with Crippen molar-refractivity contribution in [3.8, 4) is 0 Å². The number of likely N-dealkylation sites (tertiary alicyclic amines) is 1. The van der Waals surface area contributed by atoms with Crippen LogP contribution in [0.25, 0.3) is 11.0 Å². The molecule has 6 nitrogen and oxygen atoms in total. The van der Waals surface area contributed by atoms with Crippen molar-refractivity contribution in [3.05, 3.63) is 58.9 Å². The van der Waals surface area contributed by atoms with Crippen molar-refractivity contribution in [3.63, 3.8) is 0 Å². The summed E-state index contributed by atoms with van der Waals surface area (Å²) < 4.78 is 1.75. The molecule has 2 aromatic heterocycles. The fraction of sp³-hybridized carbons (Fsp3) is 0.458. The Morgan fingerprint density at radius 2 is 1.90 bits per heavy atom. The lowest BCUT2D eigenvalue weighted by atomic mass is 9.95.